The Morgan fingerprint density at radius 2 is 1.97 bits per heavy atom. The Morgan fingerprint density at radius 3 is 2.68 bits per heavy atom. The van der Waals surface area contributed by atoms with Gasteiger partial charge >= 0.3 is 6.09 Å². The van der Waals surface area contributed by atoms with E-state index in [1.807, 2.05) is 24.4 Å². The summed E-state index contributed by atoms with van der Waals surface area (Å²) in [5.74, 6) is 0.567. The number of pyridine rings is 1. The standard InChI is InChI=1S/C26H27N9O2S/c1-14(2)30-20-8-21(22-6-5-18-7-15(9-27)10-29-35(18)22)28-11-19(20)24-32-33-25(38-24)34-12-16-3-4-17(13-34)23(16)31-26(36)37/h5-8,10-11,14,16-17,23,31H,3-4,12-13H2,1-2H3,(H,28,30)(H,36,37)/t16-,17+,23+. The summed E-state index contributed by atoms with van der Waals surface area (Å²) in [7, 11) is 0. The van der Waals surface area contributed by atoms with Gasteiger partial charge in [-0.1, -0.05) is 11.3 Å². The second-order valence-electron chi connectivity index (χ2n) is 10.2. The number of rotatable bonds is 6. The molecule has 3 atom stereocenters. The summed E-state index contributed by atoms with van der Waals surface area (Å²) in [4.78, 5) is 18.2. The lowest BCUT2D eigenvalue weighted by Crippen LogP contribution is -2.52. The zero-order valence-electron chi connectivity index (χ0n) is 21.0. The number of piperidine rings is 1. The third kappa shape index (κ3) is 4.39. The molecule has 0 spiro atoms. The molecule has 1 aliphatic heterocycles. The third-order valence-electron chi connectivity index (χ3n) is 7.28. The molecule has 4 aromatic rings. The number of carboxylic acid groups (broad SMARTS) is 1. The molecule has 2 aliphatic rings. The van der Waals surface area contributed by atoms with E-state index in [1.165, 1.54) is 11.3 Å². The lowest BCUT2D eigenvalue weighted by Gasteiger charge is -2.37. The van der Waals surface area contributed by atoms with Crippen LogP contribution in [0, 0.1) is 23.2 Å². The van der Waals surface area contributed by atoms with Crippen molar-refractivity contribution in [1.82, 2.24) is 30.1 Å². The first-order valence-electron chi connectivity index (χ1n) is 12.6. The van der Waals surface area contributed by atoms with Crippen LogP contribution in [0.15, 0.2) is 36.7 Å². The van der Waals surface area contributed by atoms with E-state index < -0.39 is 6.09 Å². The normalized spacial score (nSPS) is 20.6. The van der Waals surface area contributed by atoms with Crippen molar-refractivity contribution in [3.05, 3.63) is 42.2 Å². The van der Waals surface area contributed by atoms with Gasteiger partial charge in [0.1, 0.15) is 6.07 Å². The smallest absolute Gasteiger partial charge is 0.404 e. The van der Waals surface area contributed by atoms with Gasteiger partial charge in [-0.3, -0.25) is 4.98 Å². The van der Waals surface area contributed by atoms with E-state index in [1.54, 1.807) is 16.8 Å². The Labute approximate surface area is 223 Å². The predicted molar refractivity (Wildman–Crippen MR) is 144 cm³/mol. The molecule has 194 valence electrons. The van der Waals surface area contributed by atoms with Gasteiger partial charge < -0.3 is 20.6 Å². The van der Waals surface area contributed by atoms with E-state index >= 15 is 0 Å². The molecule has 1 saturated carbocycles. The highest BCUT2D eigenvalue weighted by Crippen LogP contribution is 2.41. The van der Waals surface area contributed by atoms with E-state index in [4.69, 9.17) is 4.98 Å². The van der Waals surface area contributed by atoms with Crippen LogP contribution in [-0.2, 0) is 0 Å². The topological polar surface area (TPSA) is 144 Å². The van der Waals surface area contributed by atoms with Gasteiger partial charge in [-0.2, -0.15) is 10.4 Å². The molecular weight excluding hydrogens is 502 g/mol. The first-order valence-corrected chi connectivity index (χ1v) is 13.4. The van der Waals surface area contributed by atoms with Crippen molar-refractivity contribution in [3.63, 3.8) is 0 Å². The van der Waals surface area contributed by atoms with Crippen molar-refractivity contribution in [2.24, 2.45) is 11.8 Å². The van der Waals surface area contributed by atoms with E-state index in [0.717, 1.165) is 64.2 Å². The maximum atomic E-state index is 11.2. The van der Waals surface area contributed by atoms with Gasteiger partial charge in [0.15, 0.2) is 5.01 Å². The minimum atomic E-state index is -0.949. The maximum absolute atomic E-state index is 11.2. The summed E-state index contributed by atoms with van der Waals surface area (Å²) in [6.07, 6.45) is 4.46. The van der Waals surface area contributed by atoms with Crippen molar-refractivity contribution in [2.75, 3.05) is 23.3 Å². The summed E-state index contributed by atoms with van der Waals surface area (Å²) in [6.45, 7) is 5.70. The largest absolute Gasteiger partial charge is 0.465 e. The molecule has 6 rings (SSSR count). The minimum Gasteiger partial charge on any atom is -0.465 e. The van der Waals surface area contributed by atoms with E-state index in [0.29, 0.717) is 5.56 Å². The Morgan fingerprint density at radius 1 is 1.18 bits per heavy atom. The number of nitrogens with zero attached hydrogens (tertiary/aromatic N) is 7. The van der Waals surface area contributed by atoms with Crippen molar-refractivity contribution in [3.8, 4) is 28.0 Å². The van der Waals surface area contributed by atoms with Gasteiger partial charge in [-0.15, -0.1) is 10.2 Å². The quantitative estimate of drug-likeness (QED) is 0.336. The zero-order valence-corrected chi connectivity index (χ0v) is 21.8. The van der Waals surface area contributed by atoms with Gasteiger partial charge in [-0.25, -0.2) is 9.31 Å². The van der Waals surface area contributed by atoms with E-state index in [-0.39, 0.29) is 23.9 Å². The highest BCUT2D eigenvalue weighted by molar-refractivity contribution is 7.18. The fourth-order valence-corrected chi connectivity index (χ4v) is 6.55. The summed E-state index contributed by atoms with van der Waals surface area (Å²) < 4.78 is 1.78. The van der Waals surface area contributed by atoms with Crippen LogP contribution in [0.5, 0.6) is 0 Å². The molecule has 11 nitrogen and oxygen atoms in total. The molecule has 1 saturated heterocycles. The molecule has 2 bridgehead atoms. The number of nitriles is 1. The van der Waals surface area contributed by atoms with Gasteiger partial charge in [0.25, 0.3) is 0 Å². The van der Waals surface area contributed by atoms with Crippen LogP contribution in [0.2, 0.25) is 0 Å². The lowest BCUT2D eigenvalue weighted by molar-refractivity contribution is 0.178. The van der Waals surface area contributed by atoms with Gasteiger partial charge in [0.2, 0.25) is 5.13 Å². The number of amides is 1. The second-order valence-corrected chi connectivity index (χ2v) is 11.1. The van der Waals surface area contributed by atoms with Crippen molar-refractivity contribution in [2.45, 2.75) is 38.8 Å². The van der Waals surface area contributed by atoms with Gasteiger partial charge in [-0.05, 0) is 62.8 Å². The van der Waals surface area contributed by atoms with Gasteiger partial charge in [0, 0.05) is 37.1 Å². The second kappa shape index (κ2) is 9.57. The summed E-state index contributed by atoms with van der Waals surface area (Å²) >= 11 is 1.53. The molecule has 0 unspecified atom stereocenters. The van der Waals surface area contributed by atoms with Crippen LogP contribution in [0.3, 0.4) is 0 Å². The summed E-state index contributed by atoms with van der Waals surface area (Å²) in [5, 5.41) is 39.7. The van der Waals surface area contributed by atoms with Crippen LogP contribution < -0.4 is 15.5 Å². The number of nitrogens with one attached hydrogen (secondary N) is 2. The fraction of sp³-hybridized carbons (Fsp3) is 0.385. The van der Waals surface area contributed by atoms with Crippen LogP contribution >= 0.6 is 11.3 Å². The third-order valence-corrected chi connectivity index (χ3v) is 8.30. The number of aromatic nitrogens is 5. The Bertz CT molecular complexity index is 1540. The Kier molecular flexibility index (Phi) is 6.07. The Balaban J connectivity index is 1.29. The minimum absolute atomic E-state index is 0.0147. The molecule has 4 aromatic heterocycles. The average Bonchev–Trinajstić information content (AvgIpc) is 3.59. The summed E-state index contributed by atoms with van der Waals surface area (Å²) in [5.41, 5.74) is 4.69. The number of hydrogen-bond donors (Lipinski definition) is 3. The van der Waals surface area contributed by atoms with Crippen LogP contribution in [-0.4, -0.2) is 61.2 Å². The van der Waals surface area contributed by atoms with Crippen LogP contribution in [0.25, 0.3) is 27.5 Å². The highest BCUT2D eigenvalue weighted by Gasteiger charge is 2.43. The molecule has 1 aliphatic carbocycles. The Hall–Kier alpha value is -4.24. The maximum Gasteiger partial charge on any atom is 0.404 e. The molecule has 0 aromatic carbocycles. The first kappa shape index (κ1) is 24.1. The molecule has 12 heteroatoms. The molecule has 5 heterocycles. The molecule has 3 N–H and O–H groups in total. The SMILES string of the molecule is CC(C)Nc1cc(-c2ccc3cc(C#N)cnn23)ncc1-c1nnc(N2C[C@H]3CC[C@@H](C2)[C@H]3NC(=O)O)s1. The molecule has 2 fully saturated rings. The fourth-order valence-electron chi connectivity index (χ4n) is 5.66. The number of fused-ring (bicyclic) bond motifs is 3. The van der Waals surface area contributed by atoms with Crippen LogP contribution in [0.4, 0.5) is 15.6 Å². The van der Waals surface area contributed by atoms with Crippen molar-refractivity contribution >= 4 is 33.8 Å². The summed E-state index contributed by atoms with van der Waals surface area (Å²) in [6, 6.07) is 10.0. The molecular formula is C26H27N9O2S. The lowest BCUT2D eigenvalue weighted by atomic mass is 9.92. The predicted octanol–water partition coefficient (Wildman–Crippen LogP) is 4.09. The van der Waals surface area contributed by atoms with Gasteiger partial charge in [0.05, 0.1) is 34.2 Å². The zero-order chi connectivity index (χ0) is 26.4. The first-order chi connectivity index (χ1) is 18.4. The average molecular weight is 530 g/mol. The molecule has 1 amide bonds. The number of hydrogen-bond acceptors (Lipinski definition) is 9. The van der Waals surface area contributed by atoms with E-state index in [2.05, 4.69) is 50.7 Å². The van der Waals surface area contributed by atoms with Crippen molar-refractivity contribution in [1.29, 1.82) is 5.26 Å². The monoisotopic (exact) mass is 529 g/mol. The number of anilines is 2. The highest BCUT2D eigenvalue weighted by atomic mass is 32.1. The number of carbonyl (C=O) groups is 1. The van der Waals surface area contributed by atoms with E-state index in [9.17, 15) is 15.2 Å². The molecule has 38 heavy (non-hydrogen) atoms. The molecule has 0 radical (unpaired) electrons. The van der Waals surface area contributed by atoms with Crippen LogP contribution in [0.1, 0.15) is 32.3 Å². The van der Waals surface area contributed by atoms with Crippen molar-refractivity contribution < 1.29 is 9.90 Å².